The van der Waals surface area contributed by atoms with E-state index in [2.05, 4.69) is 15.9 Å². The Morgan fingerprint density at radius 1 is 1.25 bits per heavy atom. The minimum absolute atomic E-state index is 0.0108. The molecule has 0 bridgehead atoms. The van der Waals surface area contributed by atoms with Crippen molar-refractivity contribution in [2.24, 2.45) is 0 Å². The summed E-state index contributed by atoms with van der Waals surface area (Å²) in [5.41, 5.74) is 3.05. The van der Waals surface area contributed by atoms with Gasteiger partial charge in [-0.15, -0.1) is 0 Å². The van der Waals surface area contributed by atoms with Crippen molar-refractivity contribution in [2.45, 2.75) is 18.9 Å². The van der Waals surface area contributed by atoms with Gasteiger partial charge in [-0.25, -0.2) is 0 Å². The molecule has 0 aromatic heterocycles. The number of nitro benzene ring substituents is 1. The molecule has 0 spiro atoms. The molecule has 2 rings (SSSR count). The second-order valence-electron chi connectivity index (χ2n) is 4.41. The monoisotopic (exact) mass is 335 g/mol. The molecular weight excluding hydrogens is 322 g/mol. The molecule has 0 radical (unpaired) electrons. The first-order chi connectivity index (χ1) is 9.61. The lowest BCUT2D eigenvalue weighted by Crippen LogP contribution is -2.01. The van der Waals surface area contributed by atoms with E-state index in [4.69, 9.17) is 4.74 Å². The third kappa shape index (κ3) is 3.36. The van der Waals surface area contributed by atoms with Gasteiger partial charge in [-0.3, -0.25) is 10.1 Å². The number of benzene rings is 2. The first-order valence-electron chi connectivity index (χ1n) is 6.12. The van der Waals surface area contributed by atoms with Crippen LogP contribution in [0, 0.1) is 17.0 Å². The van der Waals surface area contributed by atoms with Gasteiger partial charge < -0.3 is 4.74 Å². The first kappa shape index (κ1) is 14.5. The van der Waals surface area contributed by atoms with Gasteiger partial charge in [0.15, 0.2) is 5.75 Å². The molecule has 0 fully saturated rings. The van der Waals surface area contributed by atoms with E-state index < -0.39 is 4.92 Å². The smallest absolute Gasteiger partial charge is 0.310 e. The minimum Gasteiger partial charge on any atom is -0.482 e. The molecule has 0 aliphatic carbocycles. The van der Waals surface area contributed by atoms with Crippen LogP contribution < -0.4 is 4.74 Å². The van der Waals surface area contributed by atoms with Crippen LogP contribution in [-0.2, 0) is 11.9 Å². The Balaban J connectivity index is 2.24. The molecule has 2 aromatic carbocycles. The van der Waals surface area contributed by atoms with Crippen molar-refractivity contribution in [3.05, 3.63) is 69.3 Å². The Morgan fingerprint density at radius 2 is 2.00 bits per heavy atom. The highest BCUT2D eigenvalue weighted by atomic mass is 79.9. The van der Waals surface area contributed by atoms with Crippen molar-refractivity contribution in [3.8, 4) is 5.75 Å². The number of alkyl halides is 1. The molecule has 0 saturated heterocycles. The number of ether oxygens (including phenoxy) is 1. The molecule has 4 nitrogen and oxygen atoms in total. The summed E-state index contributed by atoms with van der Waals surface area (Å²) >= 11 is 3.34. The number of hydrogen-bond acceptors (Lipinski definition) is 3. The summed E-state index contributed by atoms with van der Waals surface area (Å²) < 4.78 is 5.65. The molecule has 104 valence electrons. The van der Waals surface area contributed by atoms with Crippen molar-refractivity contribution < 1.29 is 9.66 Å². The van der Waals surface area contributed by atoms with Gasteiger partial charge in [0, 0.05) is 11.4 Å². The Morgan fingerprint density at radius 3 is 2.65 bits per heavy atom. The molecule has 20 heavy (non-hydrogen) atoms. The van der Waals surface area contributed by atoms with Crippen molar-refractivity contribution >= 4 is 21.6 Å². The van der Waals surface area contributed by atoms with E-state index in [-0.39, 0.29) is 5.69 Å². The van der Waals surface area contributed by atoms with Crippen molar-refractivity contribution in [3.63, 3.8) is 0 Å². The number of rotatable bonds is 5. The summed E-state index contributed by atoms with van der Waals surface area (Å²) in [7, 11) is 0. The van der Waals surface area contributed by atoms with Gasteiger partial charge in [0.1, 0.15) is 6.61 Å². The molecule has 2 aromatic rings. The third-order valence-electron chi connectivity index (χ3n) is 3.02. The molecule has 0 N–H and O–H groups in total. The largest absolute Gasteiger partial charge is 0.482 e. The van der Waals surface area contributed by atoms with Crippen LogP contribution in [0.4, 0.5) is 5.69 Å². The molecular formula is C15H14BrNO3. The number of hydrogen-bond donors (Lipinski definition) is 0. The van der Waals surface area contributed by atoms with E-state index in [0.29, 0.717) is 17.7 Å². The van der Waals surface area contributed by atoms with Crippen molar-refractivity contribution in [1.29, 1.82) is 0 Å². The van der Waals surface area contributed by atoms with E-state index in [1.165, 1.54) is 6.07 Å². The van der Waals surface area contributed by atoms with Crippen molar-refractivity contribution in [2.75, 3.05) is 0 Å². The molecule has 0 unspecified atom stereocenters. The average Bonchev–Trinajstić information content (AvgIpc) is 2.46. The Kier molecular flexibility index (Phi) is 4.74. The van der Waals surface area contributed by atoms with Gasteiger partial charge in [-0.05, 0) is 29.7 Å². The molecule has 0 saturated carbocycles. The van der Waals surface area contributed by atoms with Gasteiger partial charge in [0.25, 0.3) is 0 Å². The number of aryl methyl sites for hydroxylation is 1. The molecule has 0 atom stereocenters. The fraction of sp³-hybridized carbons (Fsp3) is 0.200. The zero-order chi connectivity index (χ0) is 14.5. The second-order valence-corrected chi connectivity index (χ2v) is 4.97. The zero-order valence-electron chi connectivity index (χ0n) is 11.0. The van der Waals surface area contributed by atoms with Gasteiger partial charge >= 0.3 is 5.69 Å². The number of nitrogens with zero attached hydrogens (tertiary/aromatic N) is 1. The van der Waals surface area contributed by atoms with Crippen molar-refractivity contribution in [1.82, 2.24) is 0 Å². The fourth-order valence-corrected chi connectivity index (χ4v) is 2.18. The quantitative estimate of drug-likeness (QED) is 0.463. The maximum atomic E-state index is 11.0. The maximum Gasteiger partial charge on any atom is 0.310 e. The van der Waals surface area contributed by atoms with Crippen LogP contribution in [0.25, 0.3) is 0 Å². The minimum atomic E-state index is -0.425. The van der Waals surface area contributed by atoms with Crippen LogP contribution in [0.2, 0.25) is 0 Å². The average molecular weight is 336 g/mol. The van der Waals surface area contributed by atoms with Crippen LogP contribution in [0.3, 0.4) is 0 Å². The van der Waals surface area contributed by atoms with Crippen LogP contribution in [0.1, 0.15) is 16.7 Å². The summed E-state index contributed by atoms with van der Waals surface area (Å²) in [6.45, 7) is 2.31. The maximum absolute atomic E-state index is 11.0. The summed E-state index contributed by atoms with van der Waals surface area (Å²) in [6, 6.07) is 12.7. The zero-order valence-corrected chi connectivity index (χ0v) is 12.6. The predicted octanol–water partition coefficient (Wildman–Crippen LogP) is 4.38. The lowest BCUT2D eigenvalue weighted by Gasteiger charge is -2.09. The fourth-order valence-electron chi connectivity index (χ4n) is 1.84. The van der Waals surface area contributed by atoms with Gasteiger partial charge in [0.05, 0.1) is 4.92 Å². The Labute approximate surface area is 125 Å². The SMILES string of the molecule is Cc1ccccc1COc1cc(CBr)ccc1[N+](=O)[O-]. The third-order valence-corrected chi connectivity index (χ3v) is 3.67. The first-order valence-corrected chi connectivity index (χ1v) is 7.24. The molecule has 0 aliphatic heterocycles. The standard InChI is InChI=1S/C15H14BrNO3/c1-11-4-2-3-5-13(11)10-20-15-8-12(9-16)6-7-14(15)17(18)19/h2-8H,9-10H2,1H3. The molecule has 0 heterocycles. The van der Waals surface area contributed by atoms with Gasteiger partial charge in [-0.2, -0.15) is 0 Å². The van der Waals surface area contributed by atoms with Crippen LogP contribution in [0.15, 0.2) is 42.5 Å². The topological polar surface area (TPSA) is 52.4 Å². The van der Waals surface area contributed by atoms with Gasteiger partial charge in [-0.1, -0.05) is 46.3 Å². The summed E-state index contributed by atoms with van der Waals surface area (Å²) in [6.07, 6.45) is 0. The summed E-state index contributed by atoms with van der Waals surface area (Å²) in [5, 5.41) is 11.6. The van der Waals surface area contributed by atoms with Crippen LogP contribution in [-0.4, -0.2) is 4.92 Å². The highest BCUT2D eigenvalue weighted by Gasteiger charge is 2.15. The van der Waals surface area contributed by atoms with Crippen LogP contribution >= 0.6 is 15.9 Å². The molecule has 0 amide bonds. The molecule has 5 heteroatoms. The van der Waals surface area contributed by atoms with E-state index >= 15 is 0 Å². The van der Waals surface area contributed by atoms with E-state index in [1.807, 2.05) is 31.2 Å². The van der Waals surface area contributed by atoms with Gasteiger partial charge in [0.2, 0.25) is 0 Å². The Hall–Kier alpha value is -1.88. The van der Waals surface area contributed by atoms with E-state index in [9.17, 15) is 10.1 Å². The predicted molar refractivity (Wildman–Crippen MR) is 81.2 cm³/mol. The Bertz CT molecular complexity index is 628. The molecule has 0 aliphatic rings. The summed E-state index contributed by atoms with van der Waals surface area (Å²) in [4.78, 5) is 10.6. The normalized spacial score (nSPS) is 10.3. The highest BCUT2D eigenvalue weighted by Crippen LogP contribution is 2.29. The highest BCUT2D eigenvalue weighted by molar-refractivity contribution is 9.08. The lowest BCUT2D eigenvalue weighted by atomic mass is 10.1. The lowest BCUT2D eigenvalue weighted by molar-refractivity contribution is -0.386. The van der Waals surface area contributed by atoms with Crippen LogP contribution in [0.5, 0.6) is 5.75 Å². The second kappa shape index (κ2) is 6.52. The van der Waals surface area contributed by atoms with E-state index in [1.54, 1.807) is 12.1 Å². The number of nitro groups is 1. The summed E-state index contributed by atoms with van der Waals surface area (Å²) in [5.74, 6) is 0.301. The number of halogens is 1. The van der Waals surface area contributed by atoms with E-state index in [0.717, 1.165) is 16.7 Å².